The molecule has 1 atom stereocenters. The predicted molar refractivity (Wildman–Crippen MR) is 113 cm³/mol. The summed E-state index contributed by atoms with van der Waals surface area (Å²) in [7, 11) is 0. The number of carbonyl (C=O) groups excluding carboxylic acids is 2. The molecule has 1 fully saturated rings. The van der Waals surface area contributed by atoms with Crippen LogP contribution in [0.2, 0.25) is 0 Å². The second-order valence-corrected chi connectivity index (χ2v) is 7.42. The van der Waals surface area contributed by atoms with Gasteiger partial charge in [-0.2, -0.15) is 0 Å². The van der Waals surface area contributed by atoms with E-state index < -0.39 is 18.0 Å². The van der Waals surface area contributed by atoms with Crippen LogP contribution in [0.15, 0.2) is 53.4 Å². The van der Waals surface area contributed by atoms with Gasteiger partial charge in [0.05, 0.1) is 10.6 Å². The average Bonchev–Trinajstić information content (AvgIpc) is 3.00. The number of aliphatic carboxylic acids is 1. The van der Waals surface area contributed by atoms with Crippen molar-refractivity contribution in [3.63, 3.8) is 0 Å². The van der Waals surface area contributed by atoms with Gasteiger partial charge in [-0.1, -0.05) is 44.2 Å². The highest BCUT2D eigenvalue weighted by atomic mass is 32.2. The molecule has 2 aromatic rings. The number of aryl methyl sites for hydroxylation is 1. The highest BCUT2D eigenvalue weighted by Crippen LogP contribution is 2.37. The smallest absolute Gasteiger partial charge is 0.344 e. The maximum atomic E-state index is 12.9. The van der Waals surface area contributed by atoms with E-state index in [1.165, 1.54) is 0 Å². The molecule has 2 aromatic carbocycles. The highest BCUT2D eigenvalue weighted by Gasteiger charge is 2.36. The predicted octanol–water partition coefficient (Wildman–Crippen LogP) is 4.73. The summed E-state index contributed by atoms with van der Waals surface area (Å²) < 4.78 is 5.60. The molecule has 0 saturated carbocycles. The summed E-state index contributed by atoms with van der Waals surface area (Å²) >= 11 is 0.848. The number of rotatable bonds is 7. The fourth-order valence-corrected chi connectivity index (χ4v) is 3.71. The molecule has 0 bridgehead atoms. The largest absolute Gasteiger partial charge is 0.479 e. The number of benzene rings is 2. The number of anilines is 1. The Hall–Kier alpha value is -3.06. The molecular formula is C22H21NO5S. The minimum absolute atomic E-state index is 0.258. The third kappa shape index (κ3) is 4.51. The number of nitrogens with zero attached hydrogens (tertiary/aromatic N) is 1. The second kappa shape index (κ2) is 8.96. The molecule has 1 aliphatic heterocycles. The maximum absolute atomic E-state index is 12.9. The van der Waals surface area contributed by atoms with E-state index in [1.54, 1.807) is 49.4 Å². The lowest BCUT2D eigenvalue weighted by Gasteiger charge is -2.15. The second-order valence-electron chi connectivity index (χ2n) is 6.43. The van der Waals surface area contributed by atoms with Gasteiger partial charge in [-0.3, -0.25) is 9.59 Å². The van der Waals surface area contributed by atoms with Gasteiger partial charge in [0.25, 0.3) is 11.1 Å². The Bertz CT molecular complexity index is 967. The number of amides is 2. The third-order valence-electron chi connectivity index (χ3n) is 4.52. The molecule has 1 unspecified atom stereocenters. The van der Waals surface area contributed by atoms with Crippen LogP contribution in [0.5, 0.6) is 5.75 Å². The van der Waals surface area contributed by atoms with E-state index in [-0.39, 0.29) is 10.1 Å². The number of carbonyl (C=O) groups is 3. The van der Waals surface area contributed by atoms with Crippen LogP contribution in [0, 0.1) is 0 Å². The quantitative estimate of drug-likeness (QED) is 0.663. The summed E-state index contributed by atoms with van der Waals surface area (Å²) in [6.45, 7) is 3.75. The molecule has 29 heavy (non-hydrogen) atoms. The lowest BCUT2D eigenvalue weighted by molar-refractivity contribution is -0.145. The Morgan fingerprint density at radius 1 is 1.14 bits per heavy atom. The molecule has 1 saturated heterocycles. The minimum Gasteiger partial charge on any atom is -0.479 e. The summed E-state index contributed by atoms with van der Waals surface area (Å²) in [6, 6.07) is 14.1. The van der Waals surface area contributed by atoms with Crippen molar-refractivity contribution in [3.05, 3.63) is 64.6 Å². The zero-order valence-corrected chi connectivity index (χ0v) is 16.9. The topological polar surface area (TPSA) is 83.9 Å². The number of thioether (sulfide) groups is 1. The van der Waals surface area contributed by atoms with Crippen LogP contribution >= 0.6 is 11.8 Å². The fourth-order valence-electron chi connectivity index (χ4n) is 2.88. The van der Waals surface area contributed by atoms with Gasteiger partial charge < -0.3 is 9.84 Å². The Morgan fingerprint density at radius 2 is 1.83 bits per heavy atom. The van der Waals surface area contributed by atoms with Crippen LogP contribution in [0.25, 0.3) is 6.08 Å². The molecular weight excluding hydrogens is 390 g/mol. The Labute approximate surface area is 173 Å². The van der Waals surface area contributed by atoms with E-state index in [0.29, 0.717) is 23.4 Å². The van der Waals surface area contributed by atoms with Crippen molar-refractivity contribution in [3.8, 4) is 5.75 Å². The van der Waals surface area contributed by atoms with E-state index in [1.807, 2.05) is 19.1 Å². The van der Waals surface area contributed by atoms with E-state index >= 15 is 0 Å². The number of carboxylic acids is 1. The molecule has 1 N–H and O–H groups in total. The van der Waals surface area contributed by atoms with Crippen LogP contribution in [-0.4, -0.2) is 28.3 Å². The summed E-state index contributed by atoms with van der Waals surface area (Å²) in [4.78, 5) is 38.0. The van der Waals surface area contributed by atoms with Crippen LogP contribution < -0.4 is 9.64 Å². The average molecular weight is 411 g/mol. The Kier molecular flexibility index (Phi) is 6.39. The molecule has 0 radical (unpaired) electrons. The van der Waals surface area contributed by atoms with Gasteiger partial charge in [-0.25, -0.2) is 9.69 Å². The first-order valence-corrected chi connectivity index (χ1v) is 10.1. The van der Waals surface area contributed by atoms with Crippen molar-refractivity contribution in [2.75, 3.05) is 4.90 Å². The van der Waals surface area contributed by atoms with Gasteiger partial charge in [0.1, 0.15) is 5.75 Å². The molecule has 0 aromatic heterocycles. The van der Waals surface area contributed by atoms with Crippen LogP contribution in [0.1, 0.15) is 31.4 Å². The summed E-state index contributed by atoms with van der Waals surface area (Å²) in [5, 5.41) is 8.86. The number of hydrogen-bond acceptors (Lipinski definition) is 5. The number of ether oxygens (including phenoxy) is 1. The molecule has 3 rings (SSSR count). The van der Waals surface area contributed by atoms with E-state index in [9.17, 15) is 19.5 Å². The molecule has 0 spiro atoms. The highest BCUT2D eigenvalue weighted by molar-refractivity contribution is 8.19. The first kappa shape index (κ1) is 20.7. The van der Waals surface area contributed by atoms with Gasteiger partial charge in [0.15, 0.2) is 6.10 Å². The summed E-state index contributed by atoms with van der Waals surface area (Å²) in [5.74, 6) is -1.12. The standard InChI is InChI=1S/C22H21NO5S/c1-3-14-9-11-16(12-10-14)23-20(24)19(29-22(23)27)13-15-7-5-6-8-18(15)28-17(4-2)21(25)26/h5-13,17H,3-4H2,1-2H3,(H,25,26)/b19-13+. The zero-order chi connectivity index (χ0) is 21.0. The number of carboxylic acid groups (broad SMARTS) is 1. The van der Waals surface area contributed by atoms with Crippen molar-refractivity contribution in [2.45, 2.75) is 32.8 Å². The van der Waals surface area contributed by atoms with Gasteiger partial charge in [-0.15, -0.1) is 0 Å². The van der Waals surface area contributed by atoms with Crippen LogP contribution in [0.3, 0.4) is 0 Å². The Morgan fingerprint density at radius 3 is 2.45 bits per heavy atom. The Balaban J connectivity index is 1.89. The van der Waals surface area contributed by atoms with E-state index in [0.717, 1.165) is 28.6 Å². The first-order chi connectivity index (χ1) is 13.9. The van der Waals surface area contributed by atoms with Crippen molar-refractivity contribution >= 4 is 40.6 Å². The van der Waals surface area contributed by atoms with Crippen LogP contribution in [0.4, 0.5) is 10.5 Å². The summed E-state index contributed by atoms with van der Waals surface area (Å²) in [6.07, 6.45) is 1.74. The number of para-hydroxylation sites is 1. The SMILES string of the molecule is CCc1ccc(N2C(=O)S/C(=C/c3ccccc3OC(CC)C(=O)O)C2=O)cc1. The van der Waals surface area contributed by atoms with Gasteiger partial charge in [0.2, 0.25) is 0 Å². The van der Waals surface area contributed by atoms with Crippen molar-refractivity contribution in [1.29, 1.82) is 0 Å². The number of hydrogen-bond donors (Lipinski definition) is 1. The lowest BCUT2D eigenvalue weighted by Crippen LogP contribution is -2.27. The third-order valence-corrected chi connectivity index (χ3v) is 5.39. The fraction of sp³-hybridized carbons (Fsp3) is 0.227. The molecule has 0 aliphatic carbocycles. The zero-order valence-electron chi connectivity index (χ0n) is 16.1. The minimum atomic E-state index is -1.06. The van der Waals surface area contributed by atoms with E-state index in [2.05, 4.69) is 0 Å². The van der Waals surface area contributed by atoms with Crippen LogP contribution in [-0.2, 0) is 16.0 Å². The molecule has 7 heteroatoms. The molecule has 2 amide bonds. The monoisotopic (exact) mass is 411 g/mol. The lowest BCUT2D eigenvalue weighted by atomic mass is 10.1. The van der Waals surface area contributed by atoms with Gasteiger partial charge in [-0.05, 0) is 54.4 Å². The first-order valence-electron chi connectivity index (χ1n) is 9.30. The van der Waals surface area contributed by atoms with Crippen molar-refractivity contribution in [2.24, 2.45) is 0 Å². The summed E-state index contributed by atoms with van der Waals surface area (Å²) in [5.41, 5.74) is 2.18. The van der Waals surface area contributed by atoms with Crippen molar-refractivity contribution in [1.82, 2.24) is 0 Å². The molecule has 150 valence electrons. The van der Waals surface area contributed by atoms with E-state index in [4.69, 9.17) is 4.74 Å². The maximum Gasteiger partial charge on any atom is 0.344 e. The number of imide groups is 1. The van der Waals surface area contributed by atoms with Crippen molar-refractivity contribution < 1.29 is 24.2 Å². The normalized spacial score (nSPS) is 16.3. The molecule has 1 heterocycles. The molecule has 6 nitrogen and oxygen atoms in total. The molecule has 1 aliphatic rings. The van der Waals surface area contributed by atoms with Gasteiger partial charge in [0, 0.05) is 5.56 Å². The van der Waals surface area contributed by atoms with Gasteiger partial charge >= 0.3 is 5.97 Å².